The summed E-state index contributed by atoms with van der Waals surface area (Å²) in [7, 11) is 0. The molecule has 0 bridgehead atoms. The van der Waals surface area contributed by atoms with Crippen LogP contribution in [0.3, 0.4) is 0 Å². The molecular weight excluding hydrogens is 472 g/mol. The third-order valence-corrected chi connectivity index (χ3v) is 5.17. The summed E-state index contributed by atoms with van der Waals surface area (Å²) in [6.07, 6.45) is -1.34. The summed E-state index contributed by atoms with van der Waals surface area (Å²) in [5, 5.41) is 12.0. The largest absolute Gasteiger partial charge is 0.479 e. The maximum Gasteiger partial charge on any atom is 0.344 e. The highest BCUT2D eigenvalue weighted by Gasteiger charge is 2.23. The molecule has 2 aromatic carbocycles. The summed E-state index contributed by atoms with van der Waals surface area (Å²) in [6.45, 7) is 5.34. The van der Waals surface area contributed by atoms with Crippen LogP contribution in [0, 0.1) is 17.6 Å². The van der Waals surface area contributed by atoms with Crippen molar-refractivity contribution in [3.8, 4) is 28.6 Å². The fraction of sp³-hybridized carbons (Fsp3) is 0.269. The lowest BCUT2D eigenvalue weighted by Gasteiger charge is -2.16. The van der Waals surface area contributed by atoms with Gasteiger partial charge in [0.2, 0.25) is 5.91 Å². The van der Waals surface area contributed by atoms with Crippen LogP contribution in [0.5, 0.6) is 17.5 Å². The number of halogens is 2. The zero-order valence-corrected chi connectivity index (χ0v) is 20.0. The topological polar surface area (TPSA) is 124 Å². The lowest BCUT2D eigenvalue weighted by Crippen LogP contribution is -2.26. The quantitative estimate of drug-likeness (QED) is 0.354. The first-order chi connectivity index (χ1) is 17.1. The molecule has 3 rings (SSSR count). The van der Waals surface area contributed by atoms with Crippen LogP contribution >= 0.6 is 0 Å². The molecule has 1 aromatic heterocycles. The zero-order valence-electron chi connectivity index (χ0n) is 20.0. The van der Waals surface area contributed by atoms with Gasteiger partial charge < -0.3 is 25.6 Å². The third kappa shape index (κ3) is 6.54. The number of aromatic nitrogens is 1. The van der Waals surface area contributed by atoms with Crippen molar-refractivity contribution < 1.29 is 33.0 Å². The second-order valence-corrected chi connectivity index (χ2v) is 8.31. The second kappa shape index (κ2) is 11.6. The maximum absolute atomic E-state index is 14.5. The van der Waals surface area contributed by atoms with Crippen LogP contribution in [-0.2, 0) is 16.1 Å². The molecule has 0 fully saturated rings. The van der Waals surface area contributed by atoms with Crippen LogP contribution < -0.4 is 20.5 Å². The average Bonchev–Trinajstić information content (AvgIpc) is 2.84. The molecule has 0 saturated heterocycles. The van der Waals surface area contributed by atoms with Crippen LogP contribution in [0.1, 0.15) is 32.8 Å². The van der Waals surface area contributed by atoms with Gasteiger partial charge in [0, 0.05) is 30.3 Å². The Hall–Kier alpha value is -4.05. The van der Waals surface area contributed by atoms with Gasteiger partial charge in [-0.1, -0.05) is 39.0 Å². The predicted molar refractivity (Wildman–Crippen MR) is 130 cm³/mol. The summed E-state index contributed by atoms with van der Waals surface area (Å²) >= 11 is 0. The number of rotatable bonds is 10. The number of hydrogen-bond donors (Lipinski definition) is 3. The van der Waals surface area contributed by atoms with E-state index in [0.717, 1.165) is 11.1 Å². The number of carboxylic acid groups (broad SMARTS) is 1. The van der Waals surface area contributed by atoms with Crippen LogP contribution in [-0.4, -0.2) is 28.1 Å². The molecule has 4 N–H and O–H groups in total. The maximum atomic E-state index is 14.5. The van der Waals surface area contributed by atoms with Gasteiger partial charge in [0.15, 0.2) is 17.7 Å². The molecule has 1 heterocycles. The Morgan fingerprint density at radius 2 is 1.78 bits per heavy atom. The Labute approximate surface area is 207 Å². The monoisotopic (exact) mass is 499 g/mol. The first-order valence-electron chi connectivity index (χ1n) is 11.3. The minimum absolute atomic E-state index is 0.0346. The molecule has 1 atom stereocenters. The van der Waals surface area contributed by atoms with E-state index >= 15 is 0 Å². The normalized spacial score (nSPS) is 11.8. The molecule has 0 aliphatic heterocycles. The zero-order chi connectivity index (χ0) is 26.4. The van der Waals surface area contributed by atoms with E-state index in [2.05, 4.69) is 10.3 Å². The Balaban J connectivity index is 2.03. The number of hydrogen-bond acceptors (Lipinski definition) is 6. The van der Waals surface area contributed by atoms with Crippen LogP contribution in [0.15, 0.2) is 48.5 Å². The molecule has 0 spiro atoms. The second-order valence-electron chi connectivity index (χ2n) is 8.31. The number of anilines is 1. The number of carboxylic acids is 1. The van der Waals surface area contributed by atoms with Crippen molar-refractivity contribution in [2.24, 2.45) is 11.7 Å². The van der Waals surface area contributed by atoms with E-state index in [1.54, 1.807) is 26.0 Å². The van der Waals surface area contributed by atoms with Crippen LogP contribution in [0.2, 0.25) is 0 Å². The number of benzene rings is 2. The van der Waals surface area contributed by atoms with Crippen molar-refractivity contribution in [2.75, 3.05) is 5.32 Å². The van der Waals surface area contributed by atoms with Gasteiger partial charge >= 0.3 is 5.97 Å². The molecule has 0 aliphatic rings. The number of pyridine rings is 1. The molecule has 190 valence electrons. The van der Waals surface area contributed by atoms with E-state index in [9.17, 15) is 23.5 Å². The van der Waals surface area contributed by atoms with E-state index in [1.165, 1.54) is 13.0 Å². The van der Waals surface area contributed by atoms with Crippen molar-refractivity contribution in [1.82, 2.24) is 4.98 Å². The minimum Gasteiger partial charge on any atom is -0.479 e. The van der Waals surface area contributed by atoms with Crippen LogP contribution in [0.25, 0.3) is 11.1 Å². The molecule has 0 radical (unpaired) electrons. The summed E-state index contributed by atoms with van der Waals surface area (Å²) in [6, 6.07) is 12.7. The highest BCUT2D eigenvalue weighted by molar-refractivity contribution is 5.93. The molecule has 0 unspecified atom stereocenters. The number of aliphatic carboxylic acids is 1. The first kappa shape index (κ1) is 26.6. The van der Waals surface area contributed by atoms with Crippen molar-refractivity contribution in [3.63, 3.8) is 0 Å². The Morgan fingerprint density at radius 1 is 1.06 bits per heavy atom. The summed E-state index contributed by atoms with van der Waals surface area (Å²) in [5.74, 6) is -5.38. The van der Waals surface area contributed by atoms with Gasteiger partial charge in [-0.15, -0.1) is 0 Å². The van der Waals surface area contributed by atoms with Crippen LogP contribution in [0.4, 0.5) is 14.5 Å². The fourth-order valence-electron chi connectivity index (χ4n) is 3.20. The molecule has 10 heteroatoms. The predicted octanol–water partition coefficient (Wildman–Crippen LogP) is 5.11. The SMILES string of the molecule is CC[C@@H](Oc1nc(Oc2cc(NC(=O)C(C)C)cc(-c3cccc(CN)c3)c2)c(F)cc1F)C(=O)O. The van der Waals surface area contributed by atoms with Gasteiger partial charge in [0.25, 0.3) is 11.8 Å². The van der Waals surface area contributed by atoms with Gasteiger partial charge in [-0.2, -0.15) is 4.98 Å². The van der Waals surface area contributed by atoms with E-state index in [-0.39, 0.29) is 24.0 Å². The molecule has 3 aromatic rings. The van der Waals surface area contributed by atoms with E-state index in [0.29, 0.717) is 23.9 Å². The number of nitrogens with two attached hydrogens (primary N) is 1. The number of carbonyl (C=O) groups excluding carboxylic acids is 1. The lowest BCUT2D eigenvalue weighted by molar-refractivity contribution is -0.145. The first-order valence-corrected chi connectivity index (χ1v) is 11.3. The molecule has 1 amide bonds. The molecule has 0 saturated carbocycles. The van der Waals surface area contributed by atoms with Gasteiger partial charge in [-0.05, 0) is 41.3 Å². The lowest BCUT2D eigenvalue weighted by atomic mass is 10.0. The summed E-state index contributed by atoms with van der Waals surface area (Å²) in [5.41, 5.74) is 8.42. The standard InChI is InChI=1S/C26H27F2N3O5/c1-4-22(26(33)34)36-25-21(28)12-20(27)24(31-25)35-19-10-17(16-7-5-6-15(8-16)13-29)9-18(11-19)30-23(32)14(2)3/h5-12,14,22H,4,13,29H2,1-3H3,(H,30,32)(H,33,34)/t22-/m1/s1. The third-order valence-electron chi connectivity index (χ3n) is 5.17. The number of carbonyl (C=O) groups is 2. The average molecular weight is 500 g/mol. The van der Waals surface area contributed by atoms with Gasteiger partial charge in [0.05, 0.1) is 0 Å². The molecule has 36 heavy (non-hydrogen) atoms. The van der Waals surface area contributed by atoms with E-state index < -0.39 is 35.5 Å². The Kier molecular flexibility index (Phi) is 8.55. The summed E-state index contributed by atoms with van der Waals surface area (Å²) in [4.78, 5) is 27.3. The summed E-state index contributed by atoms with van der Waals surface area (Å²) < 4.78 is 39.5. The number of amides is 1. The fourth-order valence-corrected chi connectivity index (χ4v) is 3.20. The minimum atomic E-state index is -1.37. The van der Waals surface area contributed by atoms with Crippen molar-refractivity contribution in [1.29, 1.82) is 0 Å². The highest BCUT2D eigenvalue weighted by atomic mass is 19.1. The molecule has 0 aliphatic carbocycles. The molecular formula is C26H27F2N3O5. The smallest absolute Gasteiger partial charge is 0.344 e. The van der Waals surface area contributed by atoms with Gasteiger partial charge in [-0.25, -0.2) is 13.6 Å². The van der Waals surface area contributed by atoms with Gasteiger partial charge in [0.1, 0.15) is 5.75 Å². The van der Waals surface area contributed by atoms with Crippen molar-refractivity contribution in [3.05, 3.63) is 65.7 Å². The van der Waals surface area contributed by atoms with E-state index in [1.807, 2.05) is 24.3 Å². The Morgan fingerprint density at radius 3 is 2.42 bits per heavy atom. The number of nitrogens with one attached hydrogen (secondary N) is 1. The number of nitrogens with zero attached hydrogens (tertiary/aromatic N) is 1. The van der Waals surface area contributed by atoms with E-state index in [4.69, 9.17) is 15.2 Å². The number of ether oxygens (including phenoxy) is 2. The van der Waals surface area contributed by atoms with Crippen molar-refractivity contribution in [2.45, 2.75) is 39.8 Å². The Bertz CT molecular complexity index is 1270. The molecule has 8 nitrogen and oxygen atoms in total. The highest BCUT2D eigenvalue weighted by Crippen LogP contribution is 2.33. The van der Waals surface area contributed by atoms with Gasteiger partial charge in [-0.3, -0.25) is 4.79 Å². The van der Waals surface area contributed by atoms with Crippen molar-refractivity contribution >= 4 is 17.6 Å².